The number of para-hydroxylation sites is 1. The van der Waals surface area contributed by atoms with Crippen LogP contribution in [0.1, 0.15) is 61.1 Å². The molecule has 2 aromatic carbocycles. The van der Waals surface area contributed by atoms with Crippen molar-refractivity contribution in [3.8, 4) is 11.4 Å². The number of nitrogens with one attached hydrogen (secondary N) is 1. The van der Waals surface area contributed by atoms with Crippen LogP contribution in [0.4, 0.5) is 5.69 Å². The van der Waals surface area contributed by atoms with Gasteiger partial charge >= 0.3 is 0 Å². The van der Waals surface area contributed by atoms with E-state index >= 15 is 0 Å². The van der Waals surface area contributed by atoms with Crippen molar-refractivity contribution in [3.05, 3.63) is 107 Å². The van der Waals surface area contributed by atoms with Crippen LogP contribution in [-0.4, -0.2) is 20.8 Å². The monoisotopic (exact) mass is 510 g/mol. The van der Waals surface area contributed by atoms with Gasteiger partial charge in [-0.05, 0) is 106 Å². The third-order valence-electron chi connectivity index (χ3n) is 6.99. The lowest BCUT2D eigenvalue weighted by Gasteiger charge is -2.28. The topological polar surface area (TPSA) is 42.3 Å². The van der Waals surface area contributed by atoms with E-state index in [0.29, 0.717) is 5.11 Å². The molecule has 5 nitrogen and oxygen atoms in total. The zero-order valence-electron chi connectivity index (χ0n) is 22.1. The Hall–Kier alpha value is -3.64. The number of benzene rings is 2. The van der Waals surface area contributed by atoms with Crippen LogP contribution in [0.15, 0.2) is 79.0 Å². The van der Waals surface area contributed by atoms with E-state index in [4.69, 9.17) is 21.9 Å². The second-order valence-corrected chi connectivity index (χ2v) is 10.2. The quantitative estimate of drug-likeness (QED) is 0.271. The molecular formula is C31H34N4OS. The van der Waals surface area contributed by atoms with Gasteiger partial charge in [0, 0.05) is 29.0 Å². The predicted molar refractivity (Wildman–Crippen MR) is 155 cm³/mol. The third-order valence-corrected chi connectivity index (χ3v) is 7.30. The van der Waals surface area contributed by atoms with Gasteiger partial charge in [-0.1, -0.05) is 31.2 Å². The third kappa shape index (κ3) is 4.74. The number of pyridine rings is 1. The Morgan fingerprint density at radius 2 is 1.73 bits per heavy atom. The van der Waals surface area contributed by atoms with Gasteiger partial charge in [0.25, 0.3) is 0 Å². The molecular weight excluding hydrogens is 476 g/mol. The van der Waals surface area contributed by atoms with Crippen molar-refractivity contribution in [2.45, 2.75) is 59.2 Å². The van der Waals surface area contributed by atoms with Gasteiger partial charge in [-0.3, -0.25) is 4.98 Å². The van der Waals surface area contributed by atoms with Crippen LogP contribution < -0.4 is 15.0 Å². The summed E-state index contributed by atoms with van der Waals surface area (Å²) in [5.41, 5.74) is 8.19. The molecule has 0 bridgehead atoms. The lowest BCUT2D eigenvalue weighted by atomic mass is 9.96. The Labute approximate surface area is 225 Å². The molecule has 6 heteroatoms. The molecule has 1 aliphatic rings. The highest BCUT2D eigenvalue weighted by atomic mass is 32.1. The Balaban J connectivity index is 1.64. The SMILES string of the molecule is CCc1ccccc1-n1c(C)cc([C@@H]2[C@@H](c3ccccn3)NC(=S)N2c2ccc(OC(C)C)cc2)c1C. The van der Waals surface area contributed by atoms with Crippen LogP contribution in [0, 0.1) is 13.8 Å². The lowest BCUT2D eigenvalue weighted by molar-refractivity contribution is 0.242. The maximum Gasteiger partial charge on any atom is 0.174 e. The number of nitrogens with zero attached hydrogens (tertiary/aromatic N) is 3. The predicted octanol–water partition coefficient (Wildman–Crippen LogP) is 7.02. The maximum atomic E-state index is 5.94. The van der Waals surface area contributed by atoms with E-state index in [1.165, 1.54) is 28.2 Å². The molecule has 0 aliphatic carbocycles. The van der Waals surface area contributed by atoms with Crippen molar-refractivity contribution >= 4 is 23.0 Å². The number of hydrogen-bond donors (Lipinski definition) is 1. The number of thiocarbonyl (C=S) groups is 1. The molecule has 0 radical (unpaired) electrons. The molecule has 190 valence electrons. The largest absolute Gasteiger partial charge is 0.491 e. The lowest BCUT2D eigenvalue weighted by Crippen LogP contribution is -2.29. The summed E-state index contributed by atoms with van der Waals surface area (Å²) < 4.78 is 8.27. The molecule has 4 aromatic rings. The standard InChI is InChI=1S/C31H34N4OS/c1-6-23-11-7-8-13-28(23)34-21(4)19-26(22(34)5)30-29(27-12-9-10-18-32-27)33-31(37)35(30)24-14-16-25(17-15-24)36-20(2)3/h7-20,29-30H,6H2,1-5H3,(H,33,37)/t29-,30-/m1/s1. The molecule has 37 heavy (non-hydrogen) atoms. The first kappa shape index (κ1) is 25.0. The van der Waals surface area contributed by atoms with Crippen molar-refractivity contribution in [2.24, 2.45) is 0 Å². The van der Waals surface area contributed by atoms with Gasteiger partial charge in [0.05, 0.1) is 23.9 Å². The van der Waals surface area contributed by atoms with Crippen molar-refractivity contribution in [2.75, 3.05) is 4.90 Å². The van der Waals surface area contributed by atoms with Crippen molar-refractivity contribution < 1.29 is 4.74 Å². The van der Waals surface area contributed by atoms with Gasteiger partial charge in [-0.25, -0.2) is 0 Å². The molecule has 0 saturated carbocycles. The first-order chi connectivity index (χ1) is 17.9. The van der Waals surface area contributed by atoms with Crippen LogP contribution in [0.3, 0.4) is 0 Å². The minimum absolute atomic E-state index is 0.0620. The molecule has 3 heterocycles. The molecule has 0 amide bonds. The smallest absolute Gasteiger partial charge is 0.174 e. The Morgan fingerprint density at radius 1 is 1.00 bits per heavy atom. The molecule has 1 fully saturated rings. The highest BCUT2D eigenvalue weighted by Crippen LogP contribution is 2.44. The zero-order valence-corrected chi connectivity index (χ0v) is 22.9. The first-order valence-corrected chi connectivity index (χ1v) is 13.3. The van der Waals surface area contributed by atoms with Crippen LogP contribution >= 0.6 is 12.2 Å². The minimum atomic E-state index is -0.0874. The summed E-state index contributed by atoms with van der Waals surface area (Å²) in [6.45, 7) is 10.7. The van der Waals surface area contributed by atoms with E-state index in [0.717, 1.165) is 23.6 Å². The first-order valence-electron chi connectivity index (χ1n) is 12.9. The summed E-state index contributed by atoms with van der Waals surface area (Å²) in [4.78, 5) is 6.94. The normalized spacial score (nSPS) is 17.4. The van der Waals surface area contributed by atoms with Gasteiger partial charge < -0.3 is 19.5 Å². The average molecular weight is 511 g/mol. The molecule has 1 N–H and O–H groups in total. The van der Waals surface area contributed by atoms with E-state index in [1.54, 1.807) is 0 Å². The van der Waals surface area contributed by atoms with Gasteiger partial charge in [0.2, 0.25) is 0 Å². The minimum Gasteiger partial charge on any atom is -0.491 e. The van der Waals surface area contributed by atoms with E-state index in [1.807, 2.05) is 44.3 Å². The number of rotatable bonds is 7. The van der Waals surface area contributed by atoms with Crippen LogP contribution in [-0.2, 0) is 6.42 Å². The zero-order chi connectivity index (χ0) is 26.1. The van der Waals surface area contributed by atoms with E-state index in [2.05, 4.69) is 84.1 Å². The molecule has 0 unspecified atom stereocenters. The van der Waals surface area contributed by atoms with Gasteiger partial charge in [0.15, 0.2) is 5.11 Å². The summed E-state index contributed by atoms with van der Waals surface area (Å²) in [5, 5.41) is 4.28. The van der Waals surface area contributed by atoms with E-state index in [-0.39, 0.29) is 18.2 Å². The molecule has 0 spiro atoms. The highest BCUT2D eigenvalue weighted by molar-refractivity contribution is 7.80. The van der Waals surface area contributed by atoms with Gasteiger partial charge in [-0.15, -0.1) is 0 Å². The van der Waals surface area contributed by atoms with Crippen molar-refractivity contribution in [3.63, 3.8) is 0 Å². The van der Waals surface area contributed by atoms with Gasteiger partial charge in [0.1, 0.15) is 5.75 Å². The molecule has 1 aliphatic heterocycles. The fraction of sp³-hybridized carbons (Fsp3) is 0.290. The van der Waals surface area contributed by atoms with Crippen LogP contribution in [0.25, 0.3) is 5.69 Å². The molecule has 5 rings (SSSR count). The summed E-state index contributed by atoms with van der Waals surface area (Å²) >= 11 is 5.94. The van der Waals surface area contributed by atoms with Crippen LogP contribution in [0.5, 0.6) is 5.75 Å². The Kier molecular flexibility index (Phi) is 7.02. The summed E-state index contributed by atoms with van der Waals surface area (Å²) in [5.74, 6) is 0.851. The summed E-state index contributed by atoms with van der Waals surface area (Å²) in [7, 11) is 0. The molecule has 2 atom stereocenters. The van der Waals surface area contributed by atoms with Crippen molar-refractivity contribution in [1.29, 1.82) is 0 Å². The second-order valence-electron chi connectivity index (χ2n) is 9.80. The maximum absolute atomic E-state index is 5.94. The molecule has 2 aromatic heterocycles. The number of aromatic nitrogens is 2. The van der Waals surface area contributed by atoms with Crippen LogP contribution in [0.2, 0.25) is 0 Å². The van der Waals surface area contributed by atoms with Gasteiger partial charge in [-0.2, -0.15) is 0 Å². The van der Waals surface area contributed by atoms with Crippen molar-refractivity contribution in [1.82, 2.24) is 14.9 Å². The fourth-order valence-electron chi connectivity index (χ4n) is 5.39. The second kappa shape index (κ2) is 10.4. The van der Waals surface area contributed by atoms with E-state index in [9.17, 15) is 0 Å². The molecule has 1 saturated heterocycles. The number of aryl methyl sites for hydroxylation is 2. The highest BCUT2D eigenvalue weighted by Gasteiger charge is 2.42. The van der Waals surface area contributed by atoms with E-state index < -0.39 is 0 Å². The summed E-state index contributed by atoms with van der Waals surface area (Å²) in [6.07, 6.45) is 2.95. The Bertz CT molecular complexity index is 1390. The number of hydrogen-bond acceptors (Lipinski definition) is 3. The summed E-state index contributed by atoms with van der Waals surface area (Å²) in [6, 6.07) is 25.1. The number of anilines is 1. The average Bonchev–Trinajstić information content (AvgIpc) is 3.39. The number of ether oxygens (including phenoxy) is 1. The fourth-order valence-corrected chi connectivity index (χ4v) is 5.74. The Morgan fingerprint density at radius 3 is 2.41 bits per heavy atom.